The molecule has 0 saturated heterocycles. The molecule has 1 heterocycles. The summed E-state index contributed by atoms with van der Waals surface area (Å²) in [6.45, 7) is 0.649. The fourth-order valence-corrected chi connectivity index (χ4v) is 3.63. The molecule has 0 aromatic heterocycles. The van der Waals surface area contributed by atoms with E-state index >= 15 is 0 Å². The molecule has 3 amide bonds. The largest absolute Gasteiger partial charge is 0.323 e. The van der Waals surface area contributed by atoms with Gasteiger partial charge in [0.1, 0.15) is 0 Å². The molecule has 146 valence electrons. The number of hydrogen-bond donors (Lipinski definition) is 2. The van der Waals surface area contributed by atoms with Crippen LogP contribution in [-0.2, 0) is 6.42 Å². The third kappa shape index (κ3) is 4.25. The molecule has 3 aromatic carbocycles. The Bertz CT molecular complexity index is 1050. The van der Waals surface area contributed by atoms with Crippen LogP contribution in [0, 0.1) is 0 Å². The number of aryl methyl sites for hydroxylation is 1. The van der Waals surface area contributed by atoms with Crippen molar-refractivity contribution in [1.29, 1.82) is 0 Å². The van der Waals surface area contributed by atoms with Crippen LogP contribution in [0.25, 0.3) is 0 Å². The van der Waals surface area contributed by atoms with Crippen molar-refractivity contribution >= 4 is 40.6 Å². The van der Waals surface area contributed by atoms with E-state index in [9.17, 15) is 9.59 Å². The van der Waals surface area contributed by atoms with E-state index in [2.05, 4.69) is 10.6 Å². The number of nitrogens with one attached hydrogen (secondary N) is 2. The molecule has 0 atom stereocenters. The molecule has 1 aliphatic rings. The van der Waals surface area contributed by atoms with Gasteiger partial charge in [-0.3, -0.25) is 4.79 Å². The van der Waals surface area contributed by atoms with E-state index in [4.69, 9.17) is 11.6 Å². The number of urea groups is 1. The van der Waals surface area contributed by atoms with Crippen LogP contribution < -0.4 is 15.5 Å². The Morgan fingerprint density at radius 2 is 1.66 bits per heavy atom. The van der Waals surface area contributed by atoms with E-state index < -0.39 is 6.03 Å². The summed E-state index contributed by atoms with van der Waals surface area (Å²) < 4.78 is 0. The van der Waals surface area contributed by atoms with Gasteiger partial charge in [0.15, 0.2) is 0 Å². The van der Waals surface area contributed by atoms with Crippen molar-refractivity contribution in [2.24, 2.45) is 0 Å². The van der Waals surface area contributed by atoms with Crippen molar-refractivity contribution in [2.45, 2.75) is 12.8 Å². The second kappa shape index (κ2) is 8.37. The van der Waals surface area contributed by atoms with Crippen molar-refractivity contribution in [3.8, 4) is 0 Å². The highest BCUT2D eigenvalue weighted by atomic mass is 35.5. The van der Waals surface area contributed by atoms with Gasteiger partial charge in [-0.05, 0) is 54.8 Å². The summed E-state index contributed by atoms with van der Waals surface area (Å²) in [6, 6.07) is 21.5. The standard InChI is InChI=1S/C23H20ClN3O2/c24-19-10-4-5-11-20(19)26-23(29)25-18-13-12-16-9-6-14-27(21(16)15-18)22(28)17-7-2-1-3-8-17/h1-5,7-8,10-13,15H,6,9,14H2,(H2,25,26,29). The summed E-state index contributed by atoms with van der Waals surface area (Å²) in [5.41, 5.74) is 3.72. The summed E-state index contributed by atoms with van der Waals surface area (Å²) in [6.07, 6.45) is 1.81. The van der Waals surface area contributed by atoms with E-state index in [1.165, 1.54) is 0 Å². The minimum atomic E-state index is -0.394. The predicted molar refractivity (Wildman–Crippen MR) is 117 cm³/mol. The third-order valence-corrected chi connectivity index (χ3v) is 5.18. The molecule has 29 heavy (non-hydrogen) atoms. The van der Waals surface area contributed by atoms with Gasteiger partial charge in [-0.25, -0.2) is 4.79 Å². The van der Waals surface area contributed by atoms with Crippen LogP contribution in [0.3, 0.4) is 0 Å². The van der Waals surface area contributed by atoms with Crippen molar-refractivity contribution in [3.05, 3.63) is 88.9 Å². The zero-order valence-corrected chi connectivity index (χ0v) is 16.4. The van der Waals surface area contributed by atoms with Gasteiger partial charge in [0.2, 0.25) is 0 Å². The number of para-hydroxylation sites is 1. The van der Waals surface area contributed by atoms with Crippen LogP contribution in [-0.4, -0.2) is 18.5 Å². The lowest BCUT2D eigenvalue weighted by Crippen LogP contribution is -2.35. The third-order valence-electron chi connectivity index (χ3n) is 4.85. The van der Waals surface area contributed by atoms with Crippen LogP contribution in [0.15, 0.2) is 72.8 Å². The minimum absolute atomic E-state index is 0.0378. The van der Waals surface area contributed by atoms with E-state index in [0.717, 1.165) is 24.1 Å². The monoisotopic (exact) mass is 405 g/mol. The topological polar surface area (TPSA) is 61.4 Å². The summed E-state index contributed by atoms with van der Waals surface area (Å²) >= 11 is 6.09. The average molecular weight is 406 g/mol. The first-order chi connectivity index (χ1) is 14.1. The van der Waals surface area contributed by atoms with Crippen molar-refractivity contribution < 1.29 is 9.59 Å². The maximum Gasteiger partial charge on any atom is 0.323 e. The van der Waals surface area contributed by atoms with Gasteiger partial charge in [0, 0.05) is 23.5 Å². The molecule has 0 fully saturated rings. The van der Waals surface area contributed by atoms with Gasteiger partial charge in [-0.1, -0.05) is 48.0 Å². The second-order valence-electron chi connectivity index (χ2n) is 6.83. The van der Waals surface area contributed by atoms with E-state index in [1.54, 1.807) is 29.2 Å². The summed E-state index contributed by atoms with van der Waals surface area (Å²) in [5, 5.41) is 6.02. The number of rotatable bonds is 3. The van der Waals surface area contributed by atoms with Gasteiger partial charge >= 0.3 is 6.03 Å². The number of hydrogen-bond acceptors (Lipinski definition) is 2. The first-order valence-corrected chi connectivity index (χ1v) is 9.82. The Morgan fingerprint density at radius 1 is 0.897 bits per heavy atom. The number of nitrogens with zero attached hydrogens (tertiary/aromatic N) is 1. The van der Waals surface area contributed by atoms with E-state index in [-0.39, 0.29) is 5.91 Å². The maximum atomic E-state index is 13.0. The molecule has 0 aliphatic carbocycles. The molecule has 1 aliphatic heterocycles. The number of carbonyl (C=O) groups excluding carboxylic acids is 2. The Balaban J connectivity index is 1.54. The summed E-state index contributed by atoms with van der Waals surface area (Å²) in [5.74, 6) is -0.0378. The predicted octanol–water partition coefficient (Wildman–Crippen LogP) is 5.58. The Morgan fingerprint density at radius 3 is 2.45 bits per heavy atom. The van der Waals surface area contributed by atoms with Gasteiger partial charge in [0.25, 0.3) is 5.91 Å². The molecule has 2 N–H and O–H groups in total. The number of carbonyl (C=O) groups is 2. The lowest BCUT2D eigenvalue weighted by atomic mass is 10.00. The minimum Gasteiger partial charge on any atom is -0.308 e. The van der Waals surface area contributed by atoms with Crippen LogP contribution in [0.1, 0.15) is 22.3 Å². The Kier molecular flexibility index (Phi) is 5.49. The summed E-state index contributed by atoms with van der Waals surface area (Å²) in [7, 11) is 0. The second-order valence-corrected chi connectivity index (χ2v) is 7.24. The van der Waals surface area contributed by atoms with Crippen LogP contribution in [0.5, 0.6) is 0 Å². The molecule has 0 unspecified atom stereocenters. The number of halogens is 1. The SMILES string of the molecule is O=C(Nc1ccc2c(c1)N(C(=O)c1ccccc1)CCC2)Nc1ccccc1Cl. The first-order valence-electron chi connectivity index (χ1n) is 9.44. The molecule has 0 spiro atoms. The molecule has 3 aromatic rings. The van der Waals surface area contributed by atoms with Gasteiger partial charge in [-0.2, -0.15) is 0 Å². The lowest BCUT2D eigenvalue weighted by Gasteiger charge is -2.30. The molecule has 6 heteroatoms. The fraction of sp³-hybridized carbons (Fsp3) is 0.130. The smallest absolute Gasteiger partial charge is 0.308 e. The number of amides is 3. The van der Waals surface area contributed by atoms with Crippen LogP contribution in [0.4, 0.5) is 21.9 Å². The fourth-order valence-electron chi connectivity index (χ4n) is 3.45. The number of anilines is 3. The Hall–Kier alpha value is -3.31. The van der Waals surface area contributed by atoms with Crippen molar-refractivity contribution in [2.75, 3.05) is 22.1 Å². The number of fused-ring (bicyclic) bond motifs is 1. The Labute approximate surface area is 174 Å². The van der Waals surface area contributed by atoms with E-state index in [1.807, 2.05) is 48.5 Å². The zero-order valence-electron chi connectivity index (χ0n) is 15.7. The summed E-state index contributed by atoms with van der Waals surface area (Å²) in [4.78, 5) is 27.1. The van der Waals surface area contributed by atoms with Crippen molar-refractivity contribution in [3.63, 3.8) is 0 Å². The zero-order chi connectivity index (χ0) is 20.2. The van der Waals surface area contributed by atoms with E-state index in [0.29, 0.717) is 28.5 Å². The first kappa shape index (κ1) is 19.0. The molecule has 4 rings (SSSR count). The average Bonchev–Trinajstić information content (AvgIpc) is 2.75. The molecular weight excluding hydrogens is 386 g/mol. The maximum absolute atomic E-state index is 13.0. The van der Waals surface area contributed by atoms with Gasteiger partial charge in [0.05, 0.1) is 10.7 Å². The van der Waals surface area contributed by atoms with Crippen LogP contribution >= 0.6 is 11.6 Å². The highest BCUT2D eigenvalue weighted by Gasteiger charge is 2.24. The lowest BCUT2D eigenvalue weighted by molar-refractivity contribution is 0.0985. The quantitative estimate of drug-likeness (QED) is 0.597. The van der Waals surface area contributed by atoms with Crippen LogP contribution in [0.2, 0.25) is 5.02 Å². The van der Waals surface area contributed by atoms with Gasteiger partial charge < -0.3 is 15.5 Å². The van der Waals surface area contributed by atoms with Gasteiger partial charge in [-0.15, -0.1) is 0 Å². The normalized spacial score (nSPS) is 12.8. The highest BCUT2D eigenvalue weighted by Crippen LogP contribution is 2.31. The molecular formula is C23H20ClN3O2. The molecule has 0 radical (unpaired) electrons. The molecule has 0 bridgehead atoms. The van der Waals surface area contributed by atoms with Crippen molar-refractivity contribution in [1.82, 2.24) is 0 Å². The molecule has 5 nitrogen and oxygen atoms in total. The molecule has 0 saturated carbocycles. The highest BCUT2D eigenvalue weighted by molar-refractivity contribution is 6.33. The number of benzene rings is 3.